The number of hydrogen-bond donors (Lipinski definition) is 1. The molecule has 0 spiro atoms. The molecule has 166 valence electrons. The van der Waals surface area contributed by atoms with Crippen molar-refractivity contribution in [2.24, 2.45) is 0 Å². The first-order valence-corrected chi connectivity index (χ1v) is 11.9. The van der Waals surface area contributed by atoms with Gasteiger partial charge in [-0.1, -0.05) is 67.6 Å². The number of hydrogen-bond acceptors (Lipinski definition) is 1. The normalized spacial score (nSPS) is 13.8. The van der Waals surface area contributed by atoms with E-state index in [9.17, 15) is 4.79 Å². The monoisotopic (exact) mass is 434 g/mol. The average Bonchev–Trinajstić information content (AvgIpc) is 3.28. The van der Waals surface area contributed by atoms with Crippen molar-refractivity contribution in [3.63, 3.8) is 0 Å². The van der Waals surface area contributed by atoms with Crippen LogP contribution in [-0.2, 0) is 12.8 Å². The predicted octanol–water partition coefficient (Wildman–Crippen LogP) is 6.56. The number of aryl methyl sites for hydroxylation is 1. The van der Waals surface area contributed by atoms with Gasteiger partial charge in [-0.05, 0) is 78.6 Å². The Hall–Kier alpha value is -3.59. The van der Waals surface area contributed by atoms with Crippen molar-refractivity contribution < 1.29 is 4.79 Å². The average molecular weight is 435 g/mol. The van der Waals surface area contributed by atoms with Crippen molar-refractivity contribution in [3.8, 4) is 16.9 Å². The van der Waals surface area contributed by atoms with Crippen LogP contribution in [-0.4, -0.2) is 17.0 Å². The number of carbonyl (C=O) groups is 1. The summed E-state index contributed by atoms with van der Waals surface area (Å²) in [6.45, 7) is 2.76. The number of nitrogens with one attached hydrogen (secondary N) is 1. The topological polar surface area (TPSA) is 34.0 Å². The van der Waals surface area contributed by atoms with E-state index >= 15 is 0 Å². The highest BCUT2D eigenvalue weighted by atomic mass is 16.1. The highest BCUT2D eigenvalue weighted by Gasteiger charge is 2.20. The van der Waals surface area contributed by atoms with Gasteiger partial charge in [0, 0.05) is 23.5 Å². The van der Waals surface area contributed by atoms with Gasteiger partial charge in [0.25, 0.3) is 5.91 Å². The number of rotatable bonds is 6. The molecule has 0 fully saturated rings. The summed E-state index contributed by atoms with van der Waals surface area (Å²) in [6, 6.07) is 31.3. The fourth-order valence-corrected chi connectivity index (χ4v) is 4.82. The van der Waals surface area contributed by atoms with E-state index in [0.717, 1.165) is 18.5 Å². The van der Waals surface area contributed by atoms with Crippen molar-refractivity contribution in [1.29, 1.82) is 0 Å². The van der Waals surface area contributed by atoms with Crippen LogP contribution in [0, 0.1) is 0 Å². The standard InChI is InChI=1S/C30H30N2O/c1-22(23-10-4-2-5-11-23)21-31-30(33)25-16-18-27(19-17-25)32-28-15-9-8-14-26(28)20-29(32)24-12-6-3-7-13-24/h2-7,10-13,16-20,22H,8-9,14-15,21H2,1H3,(H,31,33)/t22-/m1/s1. The lowest BCUT2D eigenvalue weighted by Crippen LogP contribution is -2.27. The minimum absolute atomic E-state index is 0.0258. The van der Waals surface area contributed by atoms with Crippen LogP contribution in [0.15, 0.2) is 91.0 Å². The molecule has 5 rings (SSSR count). The Morgan fingerprint density at radius 2 is 1.55 bits per heavy atom. The zero-order valence-electron chi connectivity index (χ0n) is 19.1. The molecule has 3 aromatic carbocycles. The van der Waals surface area contributed by atoms with Crippen LogP contribution in [0.3, 0.4) is 0 Å². The van der Waals surface area contributed by atoms with E-state index in [4.69, 9.17) is 0 Å². The van der Waals surface area contributed by atoms with E-state index < -0.39 is 0 Å². The molecule has 1 atom stereocenters. The lowest BCUT2D eigenvalue weighted by Gasteiger charge is -2.18. The Morgan fingerprint density at radius 1 is 0.879 bits per heavy atom. The summed E-state index contributed by atoms with van der Waals surface area (Å²) >= 11 is 0. The number of nitrogens with zero attached hydrogens (tertiary/aromatic N) is 1. The van der Waals surface area contributed by atoms with E-state index in [1.165, 1.54) is 40.9 Å². The van der Waals surface area contributed by atoms with E-state index in [-0.39, 0.29) is 11.8 Å². The second kappa shape index (κ2) is 9.50. The lowest BCUT2D eigenvalue weighted by molar-refractivity contribution is 0.0951. The SMILES string of the molecule is C[C@H](CNC(=O)c1ccc(-n2c(-c3ccccc3)cc3c2CCCC3)cc1)c1ccccc1. The summed E-state index contributed by atoms with van der Waals surface area (Å²) in [7, 11) is 0. The number of benzene rings is 3. The summed E-state index contributed by atoms with van der Waals surface area (Å²) < 4.78 is 2.39. The van der Waals surface area contributed by atoms with E-state index in [0.29, 0.717) is 12.1 Å². The Bertz CT molecular complexity index is 1220. The number of fused-ring (bicyclic) bond motifs is 1. The third kappa shape index (κ3) is 4.49. The van der Waals surface area contributed by atoms with Gasteiger partial charge in [0.05, 0.1) is 5.69 Å². The molecule has 0 saturated carbocycles. The number of aromatic nitrogens is 1. The maximum Gasteiger partial charge on any atom is 0.251 e. The first-order valence-electron chi connectivity index (χ1n) is 11.9. The van der Waals surface area contributed by atoms with Crippen LogP contribution in [0.4, 0.5) is 0 Å². The Kier molecular flexibility index (Phi) is 6.12. The maximum atomic E-state index is 12.8. The minimum atomic E-state index is -0.0258. The molecule has 3 heteroatoms. The van der Waals surface area contributed by atoms with Gasteiger partial charge in [-0.2, -0.15) is 0 Å². The van der Waals surface area contributed by atoms with Crippen LogP contribution < -0.4 is 5.32 Å². The van der Waals surface area contributed by atoms with Gasteiger partial charge in [-0.15, -0.1) is 0 Å². The summed E-state index contributed by atoms with van der Waals surface area (Å²) in [5.41, 5.74) is 8.37. The van der Waals surface area contributed by atoms with Crippen LogP contribution in [0.5, 0.6) is 0 Å². The van der Waals surface area contributed by atoms with Crippen molar-refractivity contribution in [3.05, 3.63) is 113 Å². The molecule has 1 amide bonds. The molecule has 33 heavy (non-hydrogen) atoms. The molecule has 1 aromatic heterocycles. The van der Waals surface area contributed by atoms with E-state index in [2.05, 4.69) is 77.5 Å². The van der Waals surface area contributed by atoms with Gasteiger partial charge >= 0.3 is 0 Å². The van der Waals surface area contributed by atoms with Gasteiger partial charge < -0.3 is 9.88 Å². The molecule has 0 radical (unpaired) electrons. The summed E-state index contributed by atoms with van der Waals surface area (Å²) in [4.78, 5) is 12.8. The second-order valence-corrected chi connectivity index (χ2v) is 8.98. The number of amides is 1. The van der Waals surface area contributed by atoms with Crippen LogP contribution >= 0.6 is 0 Å². The third-order valence-electron chi connectivity index (χ3n) is 6.70. The molecule has 0 saturated heterocycles. The van der Waals surface area contributed by atoms with Crippen LogP contribution in [0.2, 0.25) is 0 Å². The molecule has 0 unspecified atom stereocenters. The lowest BCUT2D eigenvalue weighted by atomic mass is 9.98. The van der Waals surface area contributed by atoms with Crippen molar-refractivity contribution in [1.82, 2.24) is 9.88 Å². The fraction of sp³-hybridized carbons (Fsp3) is 0.233. The molecule has 0 aliphatic heterocycles. The van der Waals surface area contributed by atoms with Gasteiger partial charge in [0.15, 0.2) is 0 Å². The molecule has 4 aromatic rings. The van der Waals surface area contributed by atoms with Crippen LogP contribution in [0.1, 0.15) is 52.9 Å². The zero-order valence-corrected chi connectivity index (χ0v) is 19.1. The maximum absolute atomic E-state index is 12.8. The van der Waals surface area contributed by atoms with Crippen molar-refractivity contribution in [2.45, 2.75) is 38.5 Å². The molecule has 1 heterocycles. The quantitative estimate of drug-likeness (QED) is 0.366. The van der Waals surface area contributed by atoms with Gasteiger partial charge in [-0.25, -0.2) is 0 Å². The van der Waals surface area contributed by atoms with Crippen LogP contribution in [0.25, 0.3) is 16.9 Å². The fourth-order valence-electron chi connectivity index (χ4n) is 4.82. The first kappa shape index (κ1) is 21.3. The van der Waals surface area contributed by atoms with Gasteiger partial charge in [-0.3, -0.25) is 4.79 Å². The first-order chi connectivity index (χ1) is 16.2. The predicted molar refractivity (Wildman–Crippen MR) is 135 cm³/mol. The summed E-state index contributed by atoms with van der Waals surface area (Å²) in [6.07, 6.45) is 4.72. The third-order valence-corrected chi connectivity index (χ3v) is 6.70. The zero-order chi connectivity index (χ0) is 22.6. The minimum Gasteiger partial charge on any atom is -0.351 e. The summed E-state index contributed by atoms with van der Waals surface area (Å²) in [5, 5.41) is 3.09. The molecule has 1 aliphatic carbocycles. The molecule has 0 bridgehead atoms. The smallest absolute Gasteiger partial charge is 0.251 e. The van der Waals surface area contributed by atoms with Crippen molar-refractivity contribution in [2.75, 3.05) is 6.54 Å². The van der Waals surface area contributed by atoms with E-state index in [1.807, 2.05) is 30.3 Å². The molecular weight excluding hydrogens is 404 g/mol. The summed E-state index contributed by atoms with van der Waals surface area (Å²) in [5.74, 6) is 0.247. The van der Waals surface area contributed by atoms with Gasteiger partial charge in [0.1, 0.15) is 0 Å². The second-order valence-electron chi connectivity index (χ2n) is 8.98. The Morgan fingerprint density at radius 3 is 2.27 bits per heavy atom. The highest BCUT2D eigenvalue weighted by Crippen LogP contribution is 2.34. The Labute approximate surface area is 196 Å². The highest BCUT2D eigenvalue weighted by molar-refractivity contribution is 5.94. The molecule has 3 nitrogen and oxygen atoms in total. The molecule has 1 aliphatic rings. The largest absolute Gasteiger partial charge is 0.351 e. The molecular formula is C30H30N2O. The Balaban J connectivity index is 1.37. The molecule has 1 N–H and O–H groups in total. The number of carbonyl (C=O) groups excluding carboxylic acids is 1. The van der Waals surface area contributed by atoms with E-state index in [1.54, 1.807) is 0 Å². The van der Waals surface area contributed by atoms with Crippen molar-refractivity contribution >= 4 is 5.91 Å². The van der Waals surface area contributed by atoms with Gasteiger partial charge in [0.2, 0.25) is 0 Å².